The molecule has 5 nitrogen and oxygen atoms in total. The van der Waals surface area contributed by atoms with Crippen molar-refractivity contribution in [2.24, 2.45) is 0 Å². The van der Waals surface area contributed by atoms with E-state index in [1.807, 2.05) is 18.2 Å². The second-order valence-electron chi connectivity index (χ2n) is 6.86. The maximum atomic E-state index is 13.2. The maximum Gasteiger partial charge on any atom is 0.267 e. The van der Waals surface area contributed by atoms with Crippen molar-refractivity contribution < 1.29 is 9.53 Å². The van der Waals surface area contributed by atoms with E-state index in [0.717, 1.165) is 22.2 Å². The first kappa shape index (κ1) is 21.6. The van der Waals surface area contributed by atoms with Crippen molar-refractivity contribution in [3.63, 3.8) is 0 Å². The van der Waals surface area contributed by atoms with Crippen LogP contribution in [0.5, 0.6) is 5.75 Å². The largest absolute Gasteiger partial charge is 0.482 e. The Morgan fingerprint density at radius 2 is 2.00 bits per heavy atom. The van der Waals surface area contributed by atoms with Gasteiger partial charge in [-0.2, -0.15) is 0 Å². The molecule has 0 radical (unpaired) electrons. The summed E-state index contributed by atoms with van der Waals surface area (Å²) >= 11 is 13.6. The number of halogens is 2. The molecule has 0 saturated carbocycles. The minimum Gasteiger partial charge on any atom is -0.482 e. The lowest BCUT2D eigenvalue weighted by molar-refractivity contribution is -0.120. The molecule has 0 fully saturated rings. The van der Waals surface area contributed by atoms with Gasteiger partial charge in [-0.25, -0.2) is 4.98 Å². The van der Waals surface area contributed by atoms with Gasteiger partial charge in [0.2, 0.25) is 0 Å². The number of carbonyl (C=O) groups excluding carboxylic acids is 1. The minimum atomic E-state index is -0.232. The molecule has 0 N–H and O–H groups in total. The Labute approximate surface area is 194 Å². The zero-order valence-electron chi connectivity index (χ0n) is 16.7. The number of amides is 1. The number of anilines is 1. The molecule has 1 amide bonds. The predicted molar refractivity (Wildman–Crippen MR) is 126 cm³/mol. The second kappa shape index (κ2) is 9.64. The second-order valence-corrected chi connectivity index (χ2v) is 8.71. The summed E-state index contributed by atoms with van der Waals surface area (Å²) in [5, 5.41) is 1.47. The maximum absolute atomic E-state index is 13.2. The van der Waals surface area contributed by atoms with E-state index in [-0.39, 0.29) is 12.5 Å². The van der Waals surface area contributed by atoms with Crippen molar-refractivity contribution in [3.8, 4) is 5.75 Å². The number of pyridine rings is 1. The number of hydrogen-bond acceptors (Lipinski definition) is 5. The van der Waals surface area contributed by atoms with Crippen LogP contribution in [0.3, 0.4) is 0 Å². The van der Waals surface area contributed by atoms with E-state index in [4.69, 9.17) is 32.9 Å². The van der Waals surface area contributed by atoms with Crippen LogP contribution in [0.1, 0.15) is 18.1 Å². The summed E-state index contributed by atoms with van der Waals surface area (Å²) in [6.07, 6.45) is 4.38. The number of ether oxygens (including phenoxy) is 1. The number of nitrogens with zero attached hydrogens (tertiary/aromatic N) is 3. The summed E-state index contributed by atoms with van der Waals surface area (Å²) in [5.41, 5.74) is 2.99. The first-order chi connectivity index (χ1) is 15.0. The molecule has 2 aromatic heterocycles. The molecule has 0 saturated heterocycles. The number of hydrogen-bond donors (Lipinski definition) is 0. The van der Waals surface area contributed by atoms with Crippen molar-refractivity contribution >= 4 is 55.8 Å². The van der Waals surface area contributed by atoms with Gasteiger partial charge in [0.1, 0.15) is 5.75 Å². The smallest absolute Gasteiger partial charge is 0.267 e. The number of carbonyl (C=O) groups is 1. The third kappa shape index (κ3) is 5.15. The Hall–Kier alpha value is -2.67. The molecule has 158 valence electrons. The number of fused-ring (bicyclic) bond motifs is 1. The molecule has 0 aliphatic carbocycles. The van der Waals surface area contributed by atoms with E-state index in [1.54, 1.807) is 35.5 Å². The van der Waals surface area contributed by atoms with Crippen LogP contribution in [-0.4, -0.2) is 22.5 Å². The zero-order valence-corrected chi connectivity index (χ0v) is 19.0. The number of benzene rings is 2. The fourth-order valence-corrected chi connectivity index (χ4v) is 4.55. The van der Waals surface area contributed by atoms with E-state index in [9.17, 15) is 4.79 Å². The first-order valence-electron chi connectivity index (χ1n) is 9.70. The predicted octanol–water partition coefficient (Wildman–Crippen LogP) is 6.17. The van der Waals surface area contributed by atoms with Gasteiger partial charge in [0.05, 0.1) is 21.8 Å². The molecule has 4 aromatic rings. The molecule has 0 aliphatic heterocycles. The van der Waals surface area contributed by atoms with Crippen LogP contribution in [-0.2, 0) is 17.8 Å². The third-order valence-electron chi connectivity index (χ3n) is 4.69. The molecule has 0 atom stereocenters. The summed E-state index contributed by atoms with van der Waals surface area (Å²) in [6.45, 7) is 2.27. The van der Waals surface area contributed by atoms with E-state index < -0.39 is 0 Å². The van der Waals surface area contributed by atoms with Gasteiger partial charge in [0, 0.05) is 17.4 Å². The molecule has 31 heavy (non-hydrogen) atoms. The lowest BCUT2D eigenvalue weighted by Crippen LogP contribution is -2.34. The lowest BCUT2D eigenvalue weighted by Gasteiger charge is -2.20. The van der Waals surface area contributed by atoms with Crippen molar-refractivity contribution in [1.82, 2.24) is 9.97 Å². The van der Waals surface area contributed by atoms with E-state index in [1.165, 1.54) is 16.9 Å². The quantitative estimate of drug-likeness (QED) is 0.323. The van der Waals surface area contributed by atoms with Crippen LogP contribution in [0.4, 0.5) is 5.13 Å². The van der Waals surface area contributed by atoms with Crippen LogP contribution in [0.15, 0.2) is 60.9 Å². The highest BCUT2D eigenvalue weighted by atomic mass is 35.5. The standard InChI is InChI=1S/C23H19Cl2N3O2S/c1-2-15-5-7-19-21(10-15)31-23(27-19)28(13-16-4-3-9-26-12-16)22(29)14-30-20-8-6-17(24)11-18(20)25/h3-12H,2,13-14H2,1H3. The molecular formula is C23H19Cl2N3O2S. The van der Waals surface area contributed by atoms with Crippen LogP contribution < -0.4 is 9.64 Å². The van der Waals surface area contributed by atoms with E-state index in [0.29, 0.717) is 27.5 Å². The van der Waals surface area contributed by atoms with Crippen molar-refractivity contribution in [2.45, 2.75) is 19.9 Å². The number of rotatable bonds is 7. The molecular weight excluding hydrogens is 453 g/mol. The molecule has 0 unspecified atom stereocenters. The molecule has 2 aromatic carbocycles. The van der Waals surface area contributed by atoms with Crippen LogP contribution in [0, 0.1) is 0 Å². The van der Waals surface area contributed by atoms with Crippen molar-refractivity contribution in [2.75, 3.05) is 11.5 Å². The van der Waals surface area contributed by atoms with Crippen LogP contribution in [0.25, 0.3) is 10.2 Å². The zero-order chi connectivity index (χ0) is 21.8. The SMILES string of the molecule is CCc1ccc2nc(N(Cc3cccnc3)C(=O)COc3ccc(Cl)cc3Cl)sc2c1. The topological polar surface area (TPSA) is 55.3 Å². The van der Waals surface area contributed by atoms with Gasteiger partial charge in [0.25, 0.3) is 5.91 Å². The Kier molecular flexibility index (Phi) is 6.70. The molecule has 8 heteroatoms. The third-order valence-corrected chi connectivity index (χ3v) is 6.26. The van der Waals surface area contributed by atoms with Gasteiger partial charge >= 0.3 is 0 Å². The van der Waals surface area contributed by atoms with Gasteiger partial charge < -0.3 is 4.74 Å². The highest BCUT2D eigenvalue weighted by molar-refractivity contribution is 7.22. The molecule has 0 bridgehead atoms. The highest BCUT2D eigenvalue weighted by Gasteiger charge is 2.21. The number of thiazole rings is 1. The Bertz CT molecular complexity index is 1210. The highest BCUT2D eigenvalue weighted by Crippen LogP contribution is 2.31. The molecule has 0 spiro atoms. The molecule has 0 aliphatic rings. The summed E-state index contributed by atoms with van der Waals surface area (Å²) < 4.78 is 6.73. The summed E-state index contributed by atoms with van der Waals surface area (Å²) in [4.78, 5) is 23.6. The average Bonchev–Trinajstić information content (AvgIpc) is 3.20. The average molecular weight is 472 g/mol. The summed E-state index contributed by atoms with van der Waals surface area (Å²) in [6, 6.07) is 14.8. The Morgan fingerprint density at radius 3 is 2.74 bits per heavy atom. The van der Waals surface area contributed by atoms with Crippen LogP contribution >= 0.6 is 34.5 Å². The van der Waals surface area contributed by atoms with Crippen molar-refractivity contribution in [1.29, 1.82) is 0 Å². The Morgan fingerprint density at radius 1 is 1.13 bits per heavy atom. The normalized spacial score (nSPS) is 10.9. The minimum absolute atomic E-state index is 0.183. The van der Waals surface area contributed by atoms with Crippen molar-refractivity contribution in [3.05, 3.63) is 82.1 Å². The molecule has 2 heterocycles. The van der Waals surface area contributed by atoms with E-state index >= 15 is 0 Å². The van der Waals surface area contributed by atoms with Gasteiger partial charge in [-0.3, -0.25) is 14.7 Å². The number of aryl methyl sites for hydroxylation is 1. The van der Waals surface area contributed by atoms with Gasteiger partial charge in [0.15, 0.2) is 11.7 Å². The molecule has 4 rings (SSSR count). The van der Waals surface area contributed by atoms with Gasteiger partial charge in [-0.05, 0) is 53.9 Å². The monoisotopic (exact) mass is 471 g/mol. The summed E-state index contributed by atoms with van der Waals surface area (Å²) in [5.74, 6) is 0.169. The van der Waals surface area contributed by atoms with Gasteiger partial charge in [-0.1, -0.05) is 53.6 Å². The first-order valence-corrected chi connectivity index (χ1v) is 11.3. The Balaban J connectivity index is 1.61. The van der Waals surface area contributed by atoms with Gasteiger partial charge in [-0.15, -0.1) is 0 Å². The lowest BCUT2D eigenvalue weighted by atomic mass is 10.2. The van der Waals surface area contributed by atoms with E-state index in [2.05, 4.69) is 24.0 Å². The number of aromatic nitrogens is 2. The fourth-order valence-electron chi connectivity index (χ4n) is 3.04. The fraction of sp³-hybridized carbons (Fsp3) is 0.174. The van der Waals surface area contributed by atoms with Crippen LogP contribution in [0.2, 0.25) is 10.0 Å². The summed E-state index contributed by atoms with van der Waals surface area (Å²) in [7, 11) is 0.